The number of carbonyl (C=O) groups is 1. The number of nitrogens with zero attached hydrogens (tertiary/aromatic N) is 2. The number of ether oxygens (including phenoxy) is 1. The zero-order chi connectivity index (χ0) is 24.1. The smallest absolute Gasteiger partial charge is 0.419 e. The number of aromatic nitrogens is 2. The van der Waals surface area contributed by atoms with Crippen LogP contribution in [-0.2, 0) is 11.0 Å². The van der Waals surface area contributed by atoms with E-state index in [1.54, 1.807) is 24.3 Å². The molecule has 1 aliphatic rings. The molecular formula is C25H26F3N3O3. The SMILES string of the molecule is O=C(O)CCNc1ccc(C(Oc2ccc(-n3cc(C(F)(F)F)cn3)cc2)C2CCCC2)cc1. The summed E-state index contributed by atoms with van der Waals surface area (Å²) in [6, 6.07) is 14.7. The highest BCUT2D eigenvalue weighted by Crippen LogP contribution is 2.39. The fourth-order valence-corrected chi connectivity index (χ4v) is 4.24. The molecule has 2 aromatic carbocycles. The van der Waals surface area contributed by atoms with Crippen molar-refractivity contribution in [1.82, 2.24) is 9.78 Å². The fourth-order valence-electron chi connectivity index (χ4n) is 4.24. The van der Waals surface area contributed by atoms with E-state index in [-0.39, 0.29) is 12.5 Å². The first-order chi connectivity index (χ1) is 16.3. The fraction of sp³-hybridized carbons (Fsp3) is 0.360. The Bertz CT molecular complexity index is 1090. The molecule has 0 radical (unpaired) electrons. The maximum Gasteiger partial charge on any atom is 0.419 e. The summed E-state index contributed by atoms with van der Waals surface area (Å²) >= 11 is 0. The maximum atomic E-state index is 12.9. The number of carboxylic acids is 1. The Morgan fingerprint density at radius 2 is 1.79 bits per heavy atom. The van der Waals surface area contributed by atoms with Crippen LogP contribution in [0, 0.1) is 5.92 Å². The molecule has 1 heterocycles. The van der Waals surface area contributed by atoms with Crippen molar-refractivity contribution in [2.45, 2.75) is 44.4 Å². The third-order valence-corrected chi connectivity index (χ3v) is 6.01. The van der Waals surface area contributed by atoms with E-state index in [1.165, 1.54) is 4.68 Å². The predicted octanol–water partition coefficient (Wildman–Crippen LogP) is 6.09. The summed E-state index contributed by atoms with van der Waals surface area (Å²) in [4.78, 5) is 10.7. The van der Waals surface area contributed by atoms with Crippen molar-refractivity contribution in [2.75, 3.05) is 11.9 Å². The van der Waals surface area contributed by atoms with Gasteiger partial charge in [-0.3, -0.25) is 4.79 Å². The molecule has 180 valence electrons. The number of aliphatic carboxylic acids is 1. The van der Waals surface area contributed by atoms with Crippen LogP contribution < -0.4 is 10.1 Å². The quantitative estimate of drug-likeness (QED) is 0.393. The topological polar surface area (TPSA) is 76.4 Å². The molecule has 1 unspecified atom stereocenters. The van der Waals surface area contributed by atoms with Crippen LogP contribution in [0.1, 0.15) is 49.3 Å². The van der Waals surface area contributed by atoms with Crippen molar-refractivity contribution >= 4 is 11.7 Å². The van der Waals surface area contributed by atoms with Gasteiger partial charge in [-0.05, 0) is 54.8 Å². The van der Waals surface area contributed by atoms with E-state index in [9.17, 15) is 18.0 Å². The number of carboxylic acid groups (broad SMARTS) is 1. The van der Waals surface area contributed by atoms with E-state index in [4.69, 9.17) is 9.84 Å². The Hall–Kier alpha value is -3.49. The molecule has 0 bridgehead atoms. The monoisotopic (exact) mass is 473 g/mol. The minimum Gasteiger partial charge on any atom is -0.485 e. The van der Waals surface area contributed by atoms with Crippen LogP contribution in [0.5, 0.6) is 5.75 Å². The van der Waals surface area contributed by atoms with Crippen LogP contribution >= 0.6 is 0 Å². The zero-order valence-corrected chi connectivity index (χ0v) is 18.5. The summed E-state index contributed by atoms with van der Waals surface area (Å²) in [5.74, 6) is 0.150. The van der Waals surface area contributed by atoms with Crippen molar-refractivity contribution in [2.24, 2.45) is 5.92 Å². The Balaban J connectivity index is 1.47. The number of nitrogens with one attached hydrogen (secondary N) is 1. The molecule has 1 saturated carbocycles. The van der Waals surface area contributed by atoms with Crippen molar-refractivity contribution in [3.63, 3.8) is 0 Å². The van der Waals surface area contributed by atoms with Gasteiger partial charge in [0.25, 0.3) is 0 Å². The third kappa shape index (κ3) is 5.89. The van der Waals surface area contributed by atoms with Crippen molar-refractivity contribution < 1.29 is 27.8 Å². The van der Waals surface area contributed by atoms with E-state index in [0.717, 1.165) is 49.3 Å². The van der Waals surface area contributed by atoms with E-state index in [0.29, 0.717) is 23.9 Å². The molecule has 1 fully saturated rings. The van der Waals surface area contributed by atoms with E-state index in [1.807, 2.05) is 24.3 Å². The molecule has 2 N–H and O–H groups in total. The van der Waals surface area contributed by atoms with Gasteiger partial charge in [-0.1, -0.05) is 25.0 Å². The van der Waals surface area contributed by atoms with Gasteiger partial charge in [-0.25, -0.2) is 4.68 Å². The van der Waals surface area contributed by atoms with Gasteiger partial charge in [0, 0.05) is 24.3 Å². The van der Waals surface area contributed by atoms with Gasteiger partial charge < -0.3 is 15.2 Å². The number of benzene rings is 2. The van der Waals surface area contributed by atoms with Gasteiger partial charge >= 0.3 is 12.1 Å². The lowest BCUT2D eigenvalue weighted by molar-refractivity contribution is -0.138. The molecule has 1 atom stereocenters. The highest BCUT2D eigenvalue weighted by molar-refractivity contribution is 5.67. The van der Waals surface area contributed by atoms with Gasteiger partial charge in [-0.2, -0.15) is 18.3 Å². The molecule has 0 saturated heterocycles. The average Bonchev–Trinajstić information content (AvgIpc) is 3.51. The summed E-state index contributed by atoms with van der Waals surface area (Å²) < 4.78 is 46.1. The lowest BCUT2D eigenvalue weighted by Gasteiger charge is -2.25. The van der Waals surface area contributed by atoms with Crippen molar-refractivity contribution in [1.29, 1.82) is 0 Å². The summed E-state index contributed by atoms with van der Waals surface area (Å²) in [7, 11) is 0. The van der Waals surface area contributed by atoms with E-state index < -0.39 is 17.7 Å². The van der Waals surface area contributed by atoms with Gasteiger partial charge in [-0.15, -0.1) is 0 Å². The summed E-state index contributed by atoms with van der Waals surface area (Å²) in [6.45, 7) is 0.351. The van der Waals surface area contributed by atoms with Crippen molar-refractivity contribution in [3.8, 4) is 11.4 Å². The molecule has 0 spiro atoms. The highest BCUT2D eigenvalue weighted by Gasteiger charge is 2.32. The number of rotatable bonds is 9. The van der Waals surface area contributed by atoms with Crippen LogP contribution in [-0.4, -0.2) is 27.4 Å². The normalized spacial score (nSPS) is 15.3. The zero-order valence-electron chi connectivity index (χ0n) is 18.5. The molecule has 0 aliphatic heterocycles. The van der Waals surface area contributed by atoms with Crippen LogP contribution in [0.25, 0.3) is 5.69 Å². The lowest BCUT2D eigenvalue weighted by atomic mass is 9.94. The maximum absolute atomic E-state index is 12.9. The number of anilines is 1. The predicted molar refractivity (Wildman–Crippen MR) is 121 cm³/mol. The number of alkyl halides is 3. The Morgan fingerprint density at radius 3 is 2.38 bits per heavy atom. The molecular weight excluding hydrogens is 447 g/mol. The van der Waals surface area contributed by atoms with Gasteiger partial charge in [0.2, 0.25) is 0 Å². The van der Waals surface area contributed by atoms with Gasteiger partial charge in [0.05, 0.1) is 23.9 Å². The summed E-state index contributed by atoms with van der Waals surface area (Å²) in [5.41, 5.74) is 1.59. The second-order valence-electron chi connectivity index (χ2n) is 8.44. The van der Waals surface area contributed by atoms with Crippen LogP contribution in [0.4, 0.5) is 18.9 Å². The van der Waals surface area contributed by atoms with E-state index >= 15 is 0 Å². The first kappa shape index (κ1) is 23.7. The van der Waals surface area contributed by atoms with Gasteiger partial charge in [0.1, 0.15) is 11.9 Å². The minimum atomic E-state index is -4.43. The van der Waals surface area contributed by atoms with Crippen LogP contribution in [0.3, 0.4) is 0 Å². The standard InChI is InChI=1S/C25H26F3N3O3/c26-25(27,28)19-15-30-31(16-19)21-9-11-22(12-10-21)34-24(17-3-1-2-4-17)18-5-7-20(8-6-18)29-14-13-23(32)33/h5-12,15-17,24,29H,1-4,13-14H2,(H,32,33). The van der Waals surface area contributed by atoms with E-state index in [2.05, 4.69) is 10.4 Å². The summed E-state index contributed by atoms with van der Waals surface area (Å²) in [6.07, 6.45) is 1.66. The molecule has 1 aromatic heterocycles. The Morgan fingerprint density at radius 1 is 1.12 bits per heavy atom. The van der Waals surface area contributed by atoms with Crippen molar-refractivity contribution in [3.05, 3.63) is 72.1 Å². The molecule has 9 heteroatoms. The van der Waals surface area contributed by atoms with Gasteiger partial charge in [0.15, 0.2) is 0 Å². The highest BCUT2D eigenvalue weighted by atomic mass is 19.4. The first-order valence-corrected chi connectivity index (χ1v) is 11.2. The second kappa shape index (κ2) is 10.2. The largest absolute Gasteiger partial charge is 0.485 e. The first-order valence-electron chi connectivity index (χ1n) is 11.2. The Kier molecular flexibility index (Phi) is 7.09. The molecule has 34 heavy (non-hydrogen) atoms. The lowest BCUT2D eigenvalue weighted by Crippen LogP contribution is -2.17. The van der Waals surface area contributed by atoms with Crippen LogP contribution in [0.2, 0.25) is 0 Å². The molecule has 6 nitrogen and oxygen atoms in total. The summed E-state index contributed by atoms with van der Waals surface area (Å²) in [5, 5.41) is 15.7. The number of hydrogen-bond donors (Lipinski definition) is 2. The number of hydrogen-bond acceptors (Lipinski definition) is 4. The van der Waals surface area contributed by atoms with Crippen LogP contribution in [0.15, 0.2) is 60.9 Å². The average molecular weight is 473 g/mol. The number of halogens is 3. The second-order valence-corrected chi connectivity index (χ2v) is 8.44. The minimum absolute atomic E-state index is 0.0433. The Labute approximate surface area is 195 Å². The third-order valence-electron chi connectivity index (χ3n) is 6.01. The molecule has 4 rings (SSSR count). The molecule has 1 aliphatic carbocycles. The molecule has 3 aromatic rings. The molecule has 0 amide bonds.